The zero-order chi connectivity index (χ0) is 10.6. The molecule has 0 aliphatic rings. The van der Waals surface area contributed by atoms with Crippen molar-refractivity contribution in [2.75, 3.05) is 0 Å². The van der Waals surface area contributed by atoms with Crippen molar-refractivity contribution in [1.29, 1.82) is 0 Å². The van der Waals surface area contributed by atoms with Gasteiger partial charge in [0.2, 0.25) is 0 Å². The van der Waals surface area contributed by atoms with Crippen LogP contribution in [0.4, 0.5) is 8.78 Å². The van der Waals surface area contributed by atoms with Crippen LogP contribution in [0.5, 0.6) is 0 Å². The Morgan fingerprint density at radius 3 is 2.64 bits per heavy atom. The lowest BCUT2D eigenvalue weighted by atomic mass is 10.1. The molecule has 0 spiro atoms. The van der Waals surface area contributed by atoms with Crippen LogP contribution in [0.3, 0.4) is 0 Å². The summed E-state index contributed by atoms with van der Waals surface area (Å²) in [4.78, 5) is 0. The normalized spacial score (nSPS) is 13.2. The van der Waals surface area contributed by atoms with E-state index in [-0.39, 0.29) is 6.42 Å². The van der Waals surface area contributed by atoms with Crippen LogP contribution in [0.25, 0.3) is 0 Å². The molecule has 1 aromatic rings. The summed E-state index contributed by atoms with van der Waals surface area (Å²) in [7, 11) is 0. The summed E-state index contributed by atoms with van der Waals surface area (Å²) < 4.78 is 25.5. The number of hydrogen-bond donors (Lipinski definition) is 2. The largest absolute Gasteiger partial charge is 0.271 e. The van der Waals surface area contributed by atoms with E-state index in [2.05, 4.69) is 21.4 Å². The fourth-order valence-electron chi connectivity index (χ4n) is 1.14. The van der Waals surface area contributed by atoms with Crippen molar-refractivity contribution < 1.29 is 8.78 Å². The van der Waals surface area contributed by atoms with Gasteiger partial charge in [-0.15, -0.1) is 0 Å². The van der Waals surface area contributed by atoms with Gasteiger partial charge in [0.05, 0.1) is 6.04 Å². The van der Waals surface area contributed by atoms with Crippen molar-refractivity contribution in [3.63, 3.8) is 0 Å². The van der Waals surface area contributed by atoms with Crippen molar-refractivity contribution >= 4 is 15.9 Å². The minimum atomic E-state index is -2.46. The van der Waals surface area contributed by atoms with E-state index in [1.165, 1.54) is 0 Å². The van der Waals surface area contributed by atoms with E-state index < -0.39 is 12.5 Å². The summed E-state index contributed by atoms with van der Waals surface area (Å²) in [5, 5.41) is 0. The third kappa shape index (κ3) is 3.32. The second-order valence-electron chi connectivity index (χ2n) is 2.94. The van der Waals surface area contributed by atoms with Gasteiger partial charge in [-0.25, -0.2) is 8.78 Å². The molecular weight excluding hydrogens is 254 g/mol. The summed E-state index contributed by atoms with van der Waals surface area (Å²) in [5.41, 5.74) is 2.93. The fourth-order valence-corrected chi connectivity index (χ4v) is 1.59. The SMILES string of the molecule is NNC(Cc1cccc(Br)c1)C(F)F. The Morgan fingerprint density at radius 1 is 1.43 bits per heavy atom. The third-order valence-electron chi connectivity index (χ3n) is 1.86. The lowest BCUT2D eigenvalue weighted by molar-refractivity contribution is 0.0984. The molecule has 0 bridgehead atoms. The molecule has 0 aromatic heterocycles. The average molecular weight is 265 g/mol. The van der Waals surface area contributed by atoms with E-state index in [4.69, 9.17) is 5.84 Å². The van der Waals surface area contributed by atoms with Gasteiger partial charge >= 0.3 is 0 Å². The van der Waals surface area contributed by atoms with E-state index in [9.17, 15) is 8.78 Å². The van der Waals surface area contributed by atoms with Gasteiger partial charge in [0.15, 0.2) is 0 Å². The molecule has 5 heteroatoms. The topological polar surface area (TPSA) is 38.0 Å². The molecule has 3 N–H and O–H groups in total. The van der Waals surface area contributed by atoms with Gasteiger partial charge in [-0.2, -0.15) is 0 Å². The number of nitrogens with one attached hydrogen (secondary N) is 1. The van der Waals surface area contributed by atoms with Crippen molar-refractivity contribution in [2.45, 2.75) is 18.9 Å². The standard InChI is InChI=1S/C9H11BrF2N2/c10-7-3-1-2-6(4-7)5-8(14-13)9(11)12/h1-4,8-9,14H,5,13H2. The highest BCUT2D eigenvalue weighted by molar-refractivity contribution is 9.10. The molecular formula is C9H11BrF2N2. The highest BCUT2D eigenvalue weighted by Gasteiger charge is 2.18. The molecule has 0 saturated carbocycles. The van der Waals surface area contributed by atoms with Gasteiger partial charge in [0.25, 0.3) is 6.43 Å². The van der Waals surface area contributed by atoms with Crippen LogP contribution in [0, 0.1) is 0 Å². The van der Waals surface area contributed by atoms with E-state index >= 15 is 0 Å². The second-order valence-corrected chi connectivity index (χ2v) is 3.86. The molecule has 1 rings (SSSR count). The number of nitrogens with two attached hydrogens (primary N) is 1. The fraction of sp³-hybridized carbons (Fsp3) is 0.333. The Hall–Kier alpha value is -0.520. The minimum absolute atomic E-state index is 0.216. The highest BCUT2D eigenvalue weighted by atomic mass is 79.9. The molecule has 1 unspecified atom stereocenters. The maximum Gasteiger partial charge on any atom is 0.255 e. The lowest BCUT2D eigenvalue weighted by Crippen LogP contribution is -2.42. The predicted octanol–water partition coefficient (Wildman–Crippen LogP) is 2.09. The molecule has 0 saturated heterocycles. The number of benzene rings is 1. The van der Waals surface area contributed by atoms with Gasteiger partial charge in [-0.1, -0.05) is 28.1 Å². The van der Waals surface area contributed by atoms with Gasteiger partial charge in [-0.05, 0) is 24.1 Å². The molecule has 0 fully saturated rings. The van der Waals surface area contributed by atoms with Crippen LogP contribution in [-0.4, -0.2) is 12.5 Å². The summed E-state index contributed by atoms with van der Waals surface area (Å²) >= 11 is 3.27. The van der Waals surface area contributed by atoms with E-state index in [0.717, 1.165) is 10.0 Å². The maximum absolute atomic E-state index is 12.3. The molecule has 0 aliphatic heterocycles. The van der Waals surface area contributed by atoms with Gasteiger partial charge < -0.3 is 0 Å². The van der Waals surface area contributed by atoms with Crippen LogP contribution in [0.1, 0.15) is 5.56 Å². The van der Waals surface area contributed by atoms with Crippen molar-refractivity contribution in [3.05, 3.63) is 34.3 Å². The van der Waals surface area contributed by atoms with Gasteiger partial charge in [-0.3, -0.25) is 11.3 Å². The Balaban J connectivity index is 2.67. The Morgan fingerprint density at radius 2 is 2.14 bits per heavy atom. The first-order chi connectivity index (χ1) is 6.63. The highest BCUT2D eigenvalue weighted by Crippen LogP contribution is 2.14. The Labute approximate surface area is 89.6 Å². The summed E-state index contributed by atoms with van der Waals surface area (Å²) in [6.45, 7) is 0. The monoisotopic (exact) mass is 264 g/mol. The number of hydrazine groups is 1. The van der Waals surface area contributed by atoms with Crippen LogP contribution in [-0.2, 0) is 6.42 Å². The minimum Gasteiger partial charge on any atom is -0.271 e. The zero-order valence-electron chi connectivity index (χ0n) is 7.38. The molecule has 78 valence electrons. The van der Waals surface area contributed by atoms with Crippen molar-refractivity contribution in [3.8, 4) is 0 Å². The number of hydrogen-bond acceptors (Lipinski definition) is 2. The maximum atomic E-state index is 12.3. The quantitative estimate of drug-likeness (QED) is 0.646. The summed E-state index contributed by atoms with van der Waals surface area (Å²) in [5.74, 6) is 5.02. The molecule has 0 heterocycles. The Bertz CT molecular complexity index is 294. The first-order valence-corrected chi connectivity index (χ1v) is 4.91. The van der Waals surface area contributed by atoms with Crippen LogP contribution >= 0.6 is 15.9 Å². The zero-order valence-corrected chi connectivity index (χ0v) is 8.97. The summed E-state index contributed by atoms with van der Waals surface area (Å²) in [6, 6.07) is 6.24. The molecule has 1 atom stereocenters. The lowest BCUT2D eigenvalue weighted by Gasteiger charge is -2.14. The van der Waals surface area contributed by atoms with E-state index in [1.807, 2.05) is 6.07 Å². The van der Waals surface area contributed by atoms with Crippen molar-refractivity contribution in [2.24, 2.45) is 5.84 Å². The predicted molar refractivity (Wildman–Crippen MR) is 55.0 cm³/mol. The van der Waals surface area contributed by atoms with E-state index in [0.29, 0.717) is 0 Å². The first kappa shape index (κ1) is 11.6. The number of rotatable bonds is 4. The van der Waals surface area contributed by atoms with Crippen LogP contribution in [0.2, 0.25) is 0 Å². The van der Waals surface area contributed by atoms with Gasteiger partial charge in [0.1, 0.15) is 0 Å². The number of alkyl halides is 2. The van der Waals surface area contributed by atoms with E-state index in [1.54, 1.807) is 18.2 Å². The van der Waals surface area contributed by atoms with Crippen molar-refractivity contribution in [1.82, 2.24) is 5.43 Å². The smallest absolute Gasteiger partial charge is 0.255 e. The third-order valence-corrected chi connectivity index (χ3v) is 2.36. The molecule has 0 amide bonds. The molecule has 1 aromatic carbocycles. The molecule has 2 nitrogen and oxygen atoms in total. The van der Waals surface area contributed by atoms with Gasteiger partial charge in [0, 0.05) is 4.47 Å². The molecule has 14 heavy (non-hydrogen) atoms. The van der Waals surface area contributed by atoms with Crippen LogP contribution in [0.15, 0.2) is 28.7 Å². The summed E-state index contributed by atoms with van der Waals surface area (Å²) in [6.07, 6.45) is -2.24. The average Bonchev–Trinajstić information content (AvgIpc) is 2.14. The number of halogens is 3. The van der Waals surface area contributed by atoms with Crippen LogP contribution < -0.4 is 11.3 Å². The second kappa shape index (κ2) is 5.38. The Kier molecular flexibility index (Phi) is 4.44. The first-order valence-electron chi connectivity index (χ1n) is 4.12. The molecule has 0 radical (unpaired) electrons. The molecule has 0 aliphatic carbocycles.